The minimum Gasteiger partial charge on any atom is -0.384 e. The Morgan fingerprint density at radius 1 is 0.619 bits per heavy atom. The molecule has 0 aliphatic carbocycles. The predicted octanol–water partition coefficient (Wildman–Crippen LogP) is 4.57. The summed E-state index contributed by atoms with van der Waals surface area (Å²) in [5.41, 5.74) is 3.72. The molecule has 1 nitrogen and oxygen atoms in total. The summed E-state index contributed by atoms with van der Waals surface area (Å²) in [5.74, 6) is -0.301. The van der Waals surface area contributed by atoms with Crippen LogP contribution < -0.4 is 0 Å². The molecular weight excluding hydrogens is 263 g/mol. The van der Waals surface area contributed by atoms with Crippen LogP contribution >= 0.6 is 0 Å². The van der Waals surface area contributed by atoms with Crippen LogP contribution in [-0.2, 0) is 0 Å². The first-order valence-electron chi connectivity index (χ1n) is 6.83. The average molecular weight is 278 g/mol. The van der Waals surface area contributed by atoms with Crippen molar-refractivity contribution in [2.24, 2.45) is 0 Å². The second-order valence-corrected chi connectivity index (χ2v) is 4.94. The summed E-state index contributed by atoms with van der Waals surface area (Å²) < 4.78 is 12.9. The van der Waals surface area contributed by atoms with Gasteiger partial charge in [0, 0.05) is 0 Å². The number of benzene rings is 3. The fourth-order valence-electron chi connectivity index (χ4n) is 2.33. The summed E-state index contributed by atoms with van der Waals surface area (Å²) in [5, 5.41) is 10.3. The molecule has 3 aromatic rings. The van der Waals surface area contributed by atoms with E-state index in [9.17, 15) is 9.50 Å². The van der Waals surface area contributed by atoms with Gasteiger partial charge in [0.2, 0.25) is 0 Å². The molecule has 0 bridgehead atoms. The van der Waals surface area contributed by atoms with Gasteiger partial charge in [-0.15, -0.1) is 0 Å². The van der Waals surface area contributed by atoms with Gasteiger partial charge in [-0.25, -0.2) is 4.39 Å². The summed E-state index contributed by atoms with van der Waals surface area (Å²) in [6.45, 7) is 0. The Morgan fingerprint density at radius 2 is 1.10 bits per heavy atom. The molecule has 0 fully saturated rings. The molecule has 1 N–H and O–H groups in total. The average Bonchev–Trinajstić information content (AvgIpc) is 2.56. The largest absolute Gasteiger partial charge is 0.384 e. The lowest BCUT2D eigenvalue weighted by Crippen LogP contribution is -1.99. The Morgan fingerprint density at radius 3 is 1.67 bits per heavy atom. The molecule has 0 saturated heterocycles. The van der Waals surface area contributed by atoms with Crippen molar-refractivity contribution in [1.82, 2.24) is 0 Å². The second kappa shape index (κ2) is 5.90. The van der Waals surface area contributed by atoms with Crippen LogP contribution in [0.3, 0.4) is 0 Å². The fourth-order valence-corrected chi connectivity index (χ4v) is 2.33. The van der Waals surface area contributed by atoms with Gasteiger partial charge in [-0.05, 0) is 34.4 Å². The maximum Gasteiger partial charge on any atom is 0.123 e. The molecule has 104 valence electrons. The van der Waals surface area contributed by atoms with Crippen LogP contribution in [0.25, 0.3) is 11.1 Å². The molecule has 0 amide bonds. The van der Waals surface area contributed by atoms with Gasteiger partial charge in [-0.3, -0.25) is 0 Å². The third kappa shape index (κ3) is 3.01. The first-order valence-corrected chi connectivity index (χ1v) is 6.83. The van der Waals surface area contributed by atoms with Crippen LogP contribution in [-0.4, -0.2) is 5.11 Å². The number of halogens is 1. The monoisotopic (exact) mass is 278 g/mol. The second-order valence-electron chi connectivity index (χ2n) is 4.94. The Bertz CT molecular complexity index is 703. The molecule has 0 aromatic heterocycles. The molecule has 1 atom stereocenters. The molecule has 2 heteroatoms. The Labute approximate surface area is 123 Å². The summed E-state index contributed by atoms with van der Waals surface area (Å²) in [4.78, 5) is 0. The van der Waals surface area contributed by atoms with E-state index in [0.717, 1.165) is 16.7 Å². The van der Waals surface area contributed by atoms with Gasteiger partial charge in [0.15, 0.2) is 0 Å². The number of aliphatic hydroxyl groups excluding tert-OH is 1. The van der Waals surface area contributed by atoms with E-state index in [-0.39, 0.29) is 5.82 Å². The van der Waals surface area contributed by atoms with Crippen molar-refractivity contribution in [3.05, 3.63) is 95.8 Å². The first-order chi connectivity index (χ1) is 10.2. The number of aliphatic hydroxyl groups is 1. The smallest absolute Gasteiger partial charge is 0.123 e. The standard InChI is InChI=1S/C19H15FO/c20-18-12-10-17(11-13-18)19(21)16-8-6-15(7-9-16)14-4-2-1-3-5-14/h1-13,19,21H/t19-/m0/s1. The highest BCUT2D eigenvalue weighted by atomic mass is 19.1. The summed E-state index contributed by atoms with van der Waals surface area (Å²) in [6.07, 6.45) is -0.740. The Balaban J connectivity index is 1.85. The maximum absolute atomic E-state index is 12.9. The van der Waals surface area contributed by atoms with E-state index in [1.54, 1.807) is 12.1 Å². The Hall–Kier alpha value is -2.45. The van der Waals surface area contributed by atoms with Crippen LogP contribution in [0.1, 0.15) is 17.2 Å². The molecule has 0 aliphatic heterocycles. The summed E-state index contributed by atoms with van der Waals surface area (Å²) in [7, 11) is 0. The number of rotatable bonds is 3. The van der Waals surface area contributed by atoms with E-state index in [2.05, 4.69) is 0 Å². The predicted molar refractivity (Wildman–Crippen MR) is 82.3 cm³/mol. The van der Waals surface area contributed by atoms with Crippen LogP contribution in [0.15, 0.2) is 78.9 Å². The maximum atomic E-state index is 12.9. The normalized spacial score (nSPS) is 12.1. The van der Waals surface area contributed by atoms with Gasteiger partial charge in [0.05, 0.1) is 0 Å². The minimum atomic E-state index is -0.740. The van der Waals surface area contributed by atoms with E-state index in [1.165, 1.54) is 12.1 Å². The summed E-state index contributed by atoms with van der Waals surface area (Å²) >= 11 is 0. The molecule has 0 heterocycles. The zero-order valence-corrected chi connectivity index (χ0v) is 11.4. The fraction of sp³-hybridized carbons (Fsp3) is 0.0526. The van der Waals surface area contributed by atoms with Gasteiger partial charge in [0.25, 0.3) is 0 Å². The first kappa shape index (κ1) is 13.5. The van der Waals surface area contributed by atoms with Gasteiger partial charge >= 0.3 is 0 Å². The van der Waals surface area contributed by atoms with Crippen LogP contribution in [0.2, 0.25) is 0 Å². The molecule has 3 aromatic carbocycles. The topological polar surface area (TPSA) is 20.2 Å². The van der Waals surface area contributed by atoms with Crippen molar-refractivity contribution in [1.29, 1.82) is 0 Å². The molecule has 0 unspecified atom stereocenters. The SMILES string of the molecule is O[C@H](c1ccc(F)cc1)c1ccc(-c2ccccc2)cc1. The van der Waals surface area contributed by atoms with Crippen molar-refractivity contribution in [2.45, 2.75) is 6.10 Å². The Kier molecular flexibility index (Phi) is 3.80. The van der Waals surface area contributed by atoms with Crippen molar-refractivity contribution < 1.29 is 9.50 Å². The van der Waals surface area contributed by atoms with Crippen molar-refractivity contribution >= 4 is 0 Å². The molecule has 0 aliphatic rings. The van der Waals surface area contributed by atoms with Crippen molar-refractivity contribution in [3.8, 4) is 11.1 Å². The number of hydrogen-bond donors (Lipinski definition) is 1. The van der Waals surface area contributed by atoms with Gasteiger partial charge in [0.1, 0.15) is 11.9 Å². The molecule has 21 heavy (non-hydrogen) atoms. The zero-order valence-electron chi connectivity index (χ0n) is 11.4. The molecule has 0 spiro atoms. The highest BCUT2D eigenvalue weighted by Gasteiger charge is 2.10. The zero-order chi connectivity index (χ0) is 14.7. The van der Waals surface area contributed by atoms with Crippen LogP contribution in [0.5, 0.6) is 0 Å². The van der Waals surface area contributed by atoms with E-state index in [4.69, 9.17) is 0 Å². The lowest BCUT2D eigenvalue weighted by molar-refractivity contribution is 0.220. The lowest BCUT2D eigenvalue weighted by Gasteiger charge is -2.12. The third-order valence-electron chi connectivity index (χ3n) is 3.52. The summed E-state index contributed by atoms with van der Waals surface area (Å²) in [6, 6.07) is 23.8. The number of hydrogen-bond acceptors (Lipinski definition) is 1. The lowest BCUT2D eigenvalue weighted by atomic mass is 9.98. The van der Waals surface area contributed by atoms with Crippen LogP contribution in [0, 0.1) is 5.82 Å². The molecular formula is C19H15FO. The van der Waals surface area contributed by atoms with E-state index >= 15 is 0 Å². The molecule has 0 radical (unpaired) electrons. The van der Waals surface area contributed by atoms with Gasteiger partial charge in [-0.1, -0.05) is 66.7 Å². The van der Waals surface area contributed by atoms with E-state index in [1.807, 2.05) is 54.6 Å². The minimum absolute atomic E-state index is 0.301. The van der Waals surface area contributed by atoms with Gasteiger partial charge < -0.3 is 5.11 Å². The van der Waals surface area contributed by atoms with Gasteiger partial charge in [-0.2, -0.15) is 0 Å². The molecule has 0 saturated carbocycles. The third-order valence-corrected chi connectivity index (χ3v) is 3.52. The van der Waals surface area contributed by atoms with Crippen molar-refractivity contribution in [3.63, 3.8) is 0 Å². The van der Waals surface area contributed by atoms with E-state index in [0.29, 0.717) is 5.56 Å². The van der Waals surface area contributed by atoms with Crippen LogP contribution in [0.4, 0.5) is 4.39 Å². The van der Waals surface area contributed by atoms with Crippen molar-refractivity contribution in [2.75, 3.05) is 0 Å². The highest BCUT2D eigenvalue weighted by Crippen LogP contribution is 2.25. The molecule has 3 rings (SSSR count). The highest BCUT2D eigenvalue weighted by molar-refractivity contribution is 5.63. The quantitative estimate of drug-likeness (QED) is 0.743. The van der Waals surface area contributed by atoms with E-state index < -0.39 is 6.10 Å².